The highest BCUT2D eigenvalue weighted by atomic mass is 32.2. The van der Waals surface area contributed by atoms with Gasteiger partial charge in [0, 0.05) is 64.3 Å². The first kappa shape index (κ1) is 37.6. The average molecular weight is 691 g/mol. The Morgan fingerprint density at radius 3 is 2.23 bits per heavy atom. The number of aromatic nitrogens is 1. The van der Waals surface area contributed by atoms with Gasteiger partial charge in [-0.25, -0.2) is 21.9 Å². The number of benzene rings is 2. The monoisotopic (exact) mass is 690 g/mol. The summed E-state index contributed by atoms with van der Waals surface area (Å²) in [5, 5.41) is 0. The minimum Gasteiger partial charge on any atom is -0.494 e. The van der Waals surface area contributed by atoms with Crippen molar-refractivity contribution in [3.63, 3.8) is 0 Å². The van der Waals surface area contributed by atoms with Gasteiger partial charge in [-0.3, -0.25) is 13.8 Å². The standard InChI is InChI=1S/C34H43FN2O8S2/c1-21(19-46(41)34(5,6)7)25-17-30(38)36(8)18-27(25)26-15-22(20-47(42,43)37(9)32(40)45-33(2,3)4)11-13-24(26)31(39)23-12-14-28(35)29(16-23)44-10/h11-18,21H,19-20H2,1-10H3/t21-,46-/m1/s1. The number of carbonyl (C=O) groups excluding carboxylic acids is 2. The first-order valence-corrected chi connectivity index (χ1v) is 17.8. The van der Waals surface area contributed by atoms with Crippen LogP contribution < -0.4 is 10.3 Å². The van der Waals surface area contributed by atoms with Crippen LogP contribution in [0.5, 0.6) is 5.75 Å². The number of ketones is 1. The molecule has 2 atom stereocenters. The molecule has 0 bridgehead atoms. The topological polar surface area (TPSA) is 129 Å². The number of halogens is 1. The molecule has 3 rings (SSSR count). The Hall–Kier alpha value is -3.84. The van der Waals surface area contributed by atoms with Gasteiger partial charge in [0.05, 0.1) is 12.9 Å². The molecule has 0 aliphatic carbocycles. The summed E-state index contributed by atoms with van der Waals surface area (Å²) in [6.07, 6.45) is 0.507. The maximum absolute atomic E-state index is 14.2. The lowest BCUT2D eigenvalue weighted by molar-refractivity contribution is 0.0420. The van der Waals surface area contributed by atoms with Crippen LogP contribution in [0.1, 0.15) is 81.4 Å². The van der Waals surface area contributed by atoms with Crippen molar-refractivity contribution in [1.82, 2.24) is 8.87 Å². The number of carbonyl (C=O) groups is 2. The van der Waals surface area contributed by atoms with Crippen LogP contribution in [0.3, 0.4) is 0 Å². The van der Waals surface area contributed by atoms with Gasteiger partial charge in [-0.15, -0.1) is 0 Å². The fraction of sp³-hybridized carbons (Fsp3) is 0.441. The molecule has 0 aliphatic heterocycles. The molecule has 3 aromatic rings. The van der Waals surface area contributed by atoms with Crippen molar-refractivity contribution >= 4 is 32.7 Å². The molecule has 0 aliphatic rings. The zero-order valence-corrected chi connectivity index (χ0v) is 30.1. The second-order valence-electron chi connectivity index (χ2n) is 13.4. The quantitative estimate of drug-likeness (QED) is 0.245. The van der Waals surface area contributed by atoms with E-state index in [1.54, 1.807) is 34.0 Å². The summed E-state index contributed by atoms with van der Waals surface area (Å²) in [5.41, 5.74) is 0.508. The first-order chi connectivity index (χ1) is 21.6. The Morgan fingerprint density at radius 1 is 1.02 bits per heavy atom. The van der Waals surface area contributed by atoms with Crippen LogP contribution in [0.25, 0.3) is 11.1 Å². The fourth-order valence-electron chi connectivity index (χ4n) is 4.65. The van der Waals surface area contributed by atoms with Crippen molar-refractivity contribution in [3.05, 3.63) is 87.1 Å². The number of hydrogen-bond donors (Lipinski definition) is 0. The third-order valence-corrected chi connectivity index (χ3v) is 11.2. The normalized spacial score (nSPS) is 13.5. The molecule has 1 aromatic heterocycles. The van der Waals surface area contributed by atoms with Crippen LogP contribution in [0, 0.1) is 5.82 Å². The number of pyridine rings is 1. The van der Waals surface area contributed by atoms with Gasteiger partial charge in [-0.05, 0) is 88.4 Å². The molecule has 10 nitrogen and oxygen atoms in total. The van der Waals surface area contributed by atoms with Crippen molar-refractivity contribution in [2.45, 2.75) is 70.5 Å². The molecule has 0 spiro atoms. The van der Waals surface area contributed by atoms with Crippen LogP contribution in [0.4, 0.5) is 9.18 Å². The Kier molecular flexibility index (Phi) is 11.3. The van der Waals surface area contributed by atoms with E-state index in [-0.39, 0.29) is 33.8 Å². The summed E-state index contributed by atoms with van der Waals surface area (Å²) in [7, 11) is -1.59. The summed E-state index contributed by atoms with van der Waals surface area (Å²) in [6.45, 7) is 12.2. The van der Waals surface area contributed by atoms with E-state index >= 15 is 0 Å². The van der Waals surface area contributed by atoms with Gasteiger partial charge in [-0.2, -0.15) is 0 Å². The van der Waals surface area contributed by atoms with E-state index in [1.807, 2.05) is 27.7 Å². The van der Waals surface area contributed by atoms with Crippen molar-refractivity contribution in [2.24, 2.45) is 7.05 Å². The second-order valence-corrected chi connectivity index (χ2v) is 17.6. The third kappa shape index (κ3) is 9.16. The number of ether oxygens (including phenoxy) is 2. The molecule has 1 heterocycles. The molecule has 0 fully saturated rings. The zero-order chi connectivity index (χ0) is 35.6. The van der Waals surface area contributed by atoms with E-state index in [0.29, 0.717) is 21.0 Å². The highest BCUT2D eigenvalue weighted by Crippen LogP contribution is 2.35. The Morgan fingerprint density at radius 2 is 1.66 bits per heavy atom. The van der Waals surface area contributed by atoms with Crippen molar-refractivity contribution in [2.75, 3.05) is 19.9 Å². The van der Waals surface area contributed by atoms with Gasteiger partial charge in [0.2, 0.25) is 10.0 Å². The third-order valence-electron chi connectivity index (χ3n) is 7.32. The lowest BCUT2D eigenvalue weighted by Gasteiger charge is -2.25. The Bertz CT molecular complexity index is 1870. The number of aryl methyl sites for hydroxylation is 1. The van der Waals surface area contributed by atoms with E-state index in [0.717, 1.165) is 13.1 Å². The van der Waals surface area contributed by atoms with Crippen LogP contribution in [0.15, 0.2) is 53.5 Å². The largest absolute Gasteiger partial charge is 0.494 e. The van der Waals surface area contributed by atoms with Crippen LogP contribution in [-0.2, 0) is 38.4 Å². The van der Waals surface area contributed by atoms with Gasteiger partial charge in [0.25, 0.3) is 5.56 Å². The summed E-state index contributed by atoms with van der Waals surface area (Å²) < 4.78 is 65.7. The molecule has 0 radical (unpaired) electrons. The lowest BCUT2D eigenvalue weighted by atomic mass is 9.88. The molecule has 256 valence electrons. The smallest absolute Gasteiger partial charge is 0.423 e. The fourth-order valence-corrected chi connectivity index (χ4v) is 6.84. The lowest BCUT2D eigenvalue weighted by Crippen LogP contribution is -2.38. The molecule has 0 N–H and O–H groups in total. The molecule has 0 saturated heterocycles. The summed E-state index contributed by atoms with van der Waals surface area (Å²) in [6, 6.07) is 9.55. The molecule has 0 unspecified atom stereocenters. The molecular formula is C34H43FN2O8S2. The first-order valence-electron chi connectivity index (χ1n) is 14.9. The van der Waals surface area contributed by atoms with Gasteiger partial charge in [0.1, 0.15) is 5.60 Å². The Balaban J connectivity index is 2.26. The Labute approximate surface area is 278 Å². The minimum absolute atomic E-state index is 0.114. The highest BCUT2D eigenvalue weighted by molar-refractivity contribution is 7.88. The number of methoxy groups -OCH3 is 1. The maximum Gasteiger partial charge on any atom is 0.423 e. The average Bonchev–Trinajstić information content (AvgIpc) is 2.96. The number of nitrogens with zero attached hydrogens (tertiary/aromatic N) is 2. The van der Waals surface area contributed by atoms with Crippen molar-refractivity contribution in [3.8, 4) is 16.9 Å². The van der Waals surface area contributed by atoms with E-state index in [2.05, 4.69) is 0 Å². The minimum atomic E-state index is -4.24. The SMILES string of the molecule is COc1cc(C(=O)c2ccc(CS(=O)(=O)N(C)C(=O)OC(C)(C)C)cc2-c2cn(C)c(=O)cc2[C@H](C)C[S@@](=O)C(C)(C)C)ccc1F. The van der Waals surface area contributed by atoms with Gasteiger partial charge in [-0.1, -0.05) is 19.1 Å². The predicted octanol–water partition coefficient (Wildman–Crippen LogP) is 5.78. The van der Waals surface area contributed by atoms with Crippen LogP contribution in [-0.4, -0.2) is 63.6 Å². The van der Waals surface area contributed by atoms with Crippen LogP contribution in [0.2, 0.25) is 0 Å². The highest BCUT2D eigenvalue weighted by Gasteiger charge is 2.30. The van der Waals surface area contributed by atoms with E-state index < -0.39 is 60.5 Å². The van der Waals surface area contributed by atoms with Crippen LogP contribution >= 0.6 is 0 Å². The second kappa shape index (κ2) is 14.1. The number of amides is 1. The summed E-state index contributed by atoms with van der Waals surface area (Å²) in [5.74, 6) is -2.09. The van der Waals surface area contributed by atoms with E-state index in [4.69, 9.17) is 9.47 Å². The van der Waals surface area contributed by atoms with Gasteiger partial charge in [0.15, 0.2) is 17.3 Å². The van der Waals surface area contributed by atoms with Gasteiger partial charge >= 0.3 is 6.09 Å². The molecular weight excluding hydrogens is 648 g/mol. The number of rotatable bonds is 10. The molecule has 13 heteroatoms. The van der Waals surface area contributed by atoms with Crippen molar-refractivity contribution in [1.29, 1.82) is 0 Å². The summed E-state index contributed by atoms with van der Waals surface area (Å²) >= 11 is 0. The van der Waals surface area contributed by atoms with E-state index in [9.17, 15) is 31.4 Å². The summed E-state index contributed by atoms with van der Waals surface area (Å²) in [4.78, 5) is 39.5. The number of sulfonamides is 1. The maximum atomic E-state index is 14.2. The molecule has 47 heavy (non-hydrogen) atoms. The zero-order valence-electron chi connectivity index (χ0n) is 28.5. The van der Waals surface area contributed by atoms with Gasteiger partial charge < -0.3 is 14.0 Å². The number of hydrogen-bond acceptors (Lipinski definition) is 8. The molecule has 1 amide bonds. The molecule has 2 aromatic carbocycles. The predicted molar refractivity (Wildman–Crippen MR) is 181 cm³/mol. The van der Waals surface area contributed by atoms with E-state index in [1.165, 1.54) is 48.1 Å². The molecule has 0 saturated carbocycles. The van der Waals surface area contributed by atoms with Crippen molar-refractivity contribution < 1.29 is 36.1 Å².